The third-order valence-corrected chi connectivity index (χ3v) is 2.48. The van der Waals surface area contributed by atoms with Crippen LogP contribution in [0.2, 0.25) is 0 Å². The molecular formula is C12H19F3N4. The largest absolute Gasteiger partial charge is 0.405 e. The predicted molar refractivity (Wildman–Crippen MR) is 68.0 cm³/mol. The molecule has 4 nitrogen and oxygen atoms in total. The lowest BCUT2D eigenvalue weighted by Crippen LogP contribution is -2.35. The lowest BCUT2D eigenvalue weighted by Gasteiger charge is -2.23. The van der Waals surface area contributed by atoms with E-state index >= 15 is 0 Å². The van der Waals surface area contributed by atoms with Crippen molar-refractivity contribution in [3.8, 4) is 0 Å². The first-order valence-corrected chi connectivity index (χ1v) is 6.29. The lowest BCUT2D eigenvalue weighted by molar-refractivity contribution is -0.119. The summed E-state index contributed by atoms with van der Waals surface area (Å²) in [5, 5.41) is 3.14. The predicted octanol–water partition coefficient (Wildman–Crippen LogP) is 2.36. The molecule has 108 valence electrons. The van der Waals surface area contributed by atoms with E-state index in [2.05, 4.69) is 15.3 Å². The molecule has 1 heterocycles. The van der Waals surface area contributed by atoms with Crippen LogP contribution < -0.4 is 10.2 Å². The van der Waals surface area contributed by atoms with Crippen molar-refractivity contribution in [1.82, 2.24) is 15.3 Å². The molecule has 1 N–H and O–H groups in total. The highest BCUT2D eigenvalue weighted by Crippen LogP contribution is 2.20. The maximum absolute atomic E-state index is 12.4. The molecule has 0 bridgehead atoms. The number of alkyl halides is 3. The quantitative estimate of drug-likeness (QED) is 0.776. The van der Waals surface area contributed by atoms with Crippen molar-refractivity contribution in [2.24, 2.45) is 0 Å². The zero-order valence-electron chi connectivity index (χ0n) is 11.2. The molecule has 0 atom stereocenters. The van der Waals surface area contributed by atoms with Gasteiger partial charge in [0, 0.05) is 19.3 Å². The van der Waals surface area contributed by atoms with Crippen LogP contribution in [-0.2, 0) is 6.54 Å². The fourth-order valence-corrected chi connectivity index (χ4v) is 1.60. The van der Waals surface area contributed by atoms with Gasteiger partial charge in [0.2, 0.25) is 0 Å². The van der Waals surface area contributed by atoms with Crippen LogP contribution in [0, 0.1) is 0 Å². The molecular weight excluding hydrogens is 257 g/mol. The number of anilines is 1. The Kier molecular flexibility index (Phi) is 6.01. The van der Waals surface area contributed by atoms with E-state index in [1.165, 1.54) is 6.20 Å². The van der Waals surface area contributed by atoms with E-state index < -0.39 is 12.7 Å². The van der Waals surface area contributed by atoms with Crippen LogP contribution in [0.4, 0.5) is 19.0 Å². The number of hydrogen-bond acceptors (Lipinski definition) is 4. The summed E-state index contributed by atoms with van der Waals surface area (Å²) in [5.41, 5.74) is 0.645. The number of rotatable bonds is 7. The van der Waals surface area contributed by atoms with Gasteiger partial charge in [0.15, 0.2) is 0 Å². The summed E-state index contributed by atoms with van der Waals surface area (Å²) in [7, 11) is 0. The van der Waals surface area contributed by atoms with Crippen LogP contribution in [-0.4, -0.2) is 35.8 Å². The summed E-state index contributed by atoms with van der Waals surface area (Å²) < 4.78 is 37.3. The van der Waals surface area contributed by atoms with Crippen LogP contribution in [0.15, 0.2) is 12.4 Å². The third-order valence-electron chi connectivity index (χ3n) is 2.48. The van der Waals surface area contributed by atoms with Gasteiger partial charge in [0.05, 0.1) is 11.9 Å². The molecule has 0 aliphatic heterocycles. The Balaban J connectivity index is 2.72. The number of nitrogens with zero attached hydrogens (tertiary/aromatic N) is 3. The van der Waals surface area contributed by atoms with Crippen molar-refractivity contribution in [3.63, 3.8) is 0 Å². The average molecular weight is 276 g/mol. The van der Waals surface area contributed by atoms with Gasteiger partial charge in [-0.25, -0.2) is 4.98 Å². The molecule has 0 saturated heterocycles. The van der Waals surface area contributed by atoms with Gasteiger partial charge in [-0.05, 0) is 19.9 Å². The highest BCUT2D eigenvalue weighted by Gasteiger charge is 2.30. The van der Waals surface area contributed by atoms with Crippen LogP contribution in [0.25, 0.3) is 0 Å². The van der Waals surface area contributed by atoms with Gasteiger partial charge < -0.3 is 10.2 Å². The van der Waals surface area contributed by atoms with Crippen molar-refractivity contribution in [3.05, 3.63) is 18.1 Å². The van der Waals surface area contributed by atoms with E-state index in [0.717, 1.165) is 17.9 Å². The topological polar surface area (TPSA) is 41.1 Å². The first kappa shape index (κ1) is 15.7. The summed E-state index contributed by atoms with van der Waals surface area (Å²) in [5.74, 6) is 0.260. The molecule has 1 aromatic rings. The smallest absolute Gasteiger partial charge is 0.347 e. The normalized spacial score (nSPS) is 11.6. The van der Waals surface area contributed by atoms with Crippen molar-refractivity contribution in [2.45, 2.75) is 33.0 Å². The van der Waals surface area contributed by atoms with Crippen LogP contribution >= 0.6 is 0 Å². The van der Waals surface area contributed by atoms with Crippen molar-refractivity contribution in [1.29, 1.82) is 0 Å². The van der Waals surface area contributed by atoms with Crippen molar-refractivity contribution >= 4 is 5.82 Å². The molecule has 0 radical (unpaired) electrons. The van der Waals surface area contributed by atoms with Crippen molar-refractivity contribution in [2.75, 3.05) is 24.5 Å². The molecule has 0 spiro atoms. The number of aromatic nitrogens is 2. The minimum Gasteiger partial charge on any atom is -0.347 e. The average Bonchev–Trinajstić information content (AvgIpc) is 2.35. The molecule has 0 aromatic carbocycles. The van der Waals surface area contributed by atoms with Gasteiger partial charge in [0.1, 0.15) is 12.4 Å². The molecule has 0 aliphatic carbocycles. The maximum Gasteiger partial charge on any atom is 0.405 e. The molecule has 1 aromatic heterocycles. The van der Waals surface area contributed by atoms with Gasteiger partial charge >= 0.3 is 6.18 Å². The first-order chi connectivity index (χ1) is 8.96. The molecule has 19 heavy (non-hydrogen) atoms. The van der Waals surface area contributed by atoms with Crippen LogP contribution in [0.3, 0.4) is 0 Å². The Morgan fingerprint density at radius 2 is 2.00 bits per heavy atom. The summed E-state index contributed by atoms with van der Waals surface area (Å²) in [6, 6.07) is 0. The van der Waals surface area contributed by atoms with E-state index in [0.29, 0.717) is 12.2 Å². The molecule has 0 fully saturated rings. The van der Waals surface area contributed by atoms with Crippen molar-refractivity contribution < 1.29 is 13.2 Å². The second-order valence-corrected chi connectivity index (χ2v) is 4.17. The Hall–Kier alpha value is -1.37. The van der Waals surface area contributed by atoms with E-state index in [-0.39, 0.29) is 12.4 Å². The Labute approximate surface area is 111 Å². The van der Waals surface area contributed by atoms with Gasteiger partial charge in [0.25, 0.3) is 0 Å². The van der Waals surface area contributed by atoms with E-state index in [9.17, 15) is 13.2 Å². The van der Waals surface area contributed by atoms with Gasteiger partial charge in [-0.2, -0.15) is 13.2 Å². The van der Waals surface area contributed by atoms with Gasteiger partial charge in [-0.1, -0.05) is 6.92 Å². The SMILES string of the molecule is CCCNCc1cncc(N(CC)CC(F)(F)F)n1. The van der Waals surface area contributed by atoms with Crippen LogP contribution in [0.1, 0.15) is 26.0 Å². The first-order valence-electron chi connectivity index (χ1n) is 6.29. The molecule has 1 rings (SSSR count). The summed E-state index contributed by atoms with van der Waals surface area (Å²) in [4.78, 5) is 9.31. The standard InChI is InChI=1S/C12H19F3N4/c1-3-5-16-6-10-7-17-8-11(18-10)19(4-2)9-12(13,14)15/h7-8,16H,3-6,9H2,1-2H3. The maximum atomic E-state index is 12.4. The number of hydrogen-bond donors (Lipinski definition) is 1. The lowest BCUT2D eigenvalue weighted by atomic mass is 10.4. The molecule has 0 saturated carbocycles. The summed E-state index contributed by atoms with van der Waals surface area (Å²) in [6.07, 6.45) is -0.331. The fraction of sp³-hybridized carbons (Fsp3) is 0.667. The van der Waals surface area contributed by atoms with Crippen LogP contribution in [0.5, 0.6) is 0 Å². The minimum atomic E-state index is -4.24. The molecule has 0 aliphatic rings. The summed E-state index contributed by atoms with van der Waals surface area (Å²) in [6.45, 7) is 4.28. The van der Waals surface area contributed by atoms with Gasteiger partial charge in [-0.3, -0.25) is 4.98 Å². The van der Waals surface area contributed by atoms with E-state index in [1.54, 1.807) is 13.1 Å². The Morgan fingerprint density at radius 3 is 2.58 bits per heavy atom. The second-order valence-electron chi connectivity index (χ2n) is 4.17. The number of nitrogens with one attached hydrogen (secondary N) is 1. The molecule has 7 heteroatoms. The zero-order chi connectivity index (χ0) is 14.3. The summed E-state index contributed by atoms with van der Waals surface area (Å²) >= 11 is 0. The Morgan fingerprint density at radius 1 is 1.26 bits per heavy atom. The third kappa shape index (κ3) is 5.87. The zero-order valence-corrected chi connectivity index (χ0v) is 11.2. The molecule has 0 unspecified atom stereocenters. The highest BCUT2D eigenvalue weighted by atomic mass is 19.4. The second kappa shape index (κ2) is 7.28. The highest BCUT2D eigenvalue weighted by molar-refractivity contribution is 5.36. The fourth-order valence-electron chi connectivity index (χ4n) is 1.60. The number of halogens is 3. The monoisotopic (exact) mass is 276 g/mol. The minimum absolute atomic E-state index is 0.236. The molecule has 0 amide bonds. The van der Waals surface area contributed by atoms with Gasteiger partial charge in [-0.15, -0.1) is 0 Å². The Bertz CT molecular complexity index is 381. The van der Waals surface area contributed by atoms with E-state index in [1.807, 2.05) is 6.92 Å². The van der Waals surface area contributed by atoms with E-state index in [4.69, 9.17) is 0 Å².